The van der Waals surface area contributed by atoms with E-state index in [-0.39, 0.29) is 30.2 Å². The maximum atomic E-state index is 12.1. The van der Waals surface area contributed by atoms with Gasteiger partial charge in [-0.1, -0.05) is 29.3 Å². The standard InChI is InChI=1S/C17H20O4.C6H4ClN3/c1-9-4-5-10-12(8-9)16(18)19-14(10)11-6-7-13-15(11)21-17(2,3)20-13;7-5-4-1-2-8-6(4)10-3-9-5/h4-5,8,11,13-15H,6-7H2,1-3H3;1-3H,(H,8,9,10). The van der Waals surface area contributed by atoms with E-state index in [4.69, 9.17) is 25.8 Å². The van der Waals surface area contributed by atoms with E-state index in [2.05, 4.69) is 15.0 Å². The van der Waals surface area contributed by atoms with Crippen molar-refractivity contribution in [2.24, 2.45) is 5.92 Å². The third kappa shape index (κ3) is 3.71. The fourth-order valence-corrected chi connectivity index (χ4v) is 4.99. The summed E-state index contributed by atoms with van der Waals surface area (Å²) in [4.78, 5) is 22.8. The van der Waals surface area contributed by atoms with E-state index in [0.717, 1.165) is 35.0 Å². The first-order valence-corrected chi connectivity index (χ1v) is 10.8. The van der Waals surface area contributed by atoms with Crippen molar-refractivity contribution in [1.29, 1.82) is 0 Å². The van der Waals surface area contributed by atoms with Crippen molar-refractivity contribution in [2.45, 2.75) is 57.7 Å². The van der Waals surface area contributed by atoms with Gasteiger partial charge in [0.1, 0.15) is 23.2 Å². The Hall–Kier alpha value is -2.48. The van der Waals surface area contributed by atoms with Crippen molar-refractivity contribution in [1.82, 2.24) is 15.0 Å². The number of fused-ring (bicyclic) bond motifs is 3. The molecule has 0 amide bonds. The van der Waals surface area contributed by atoms with E-state index in [1.807, 2.05) is 45.0 Å². The highest BCUT2D eigenvalue weighted by Gasteiger charge is 2.53. The highest BCUT2D eigenvalue weighted by molar-refractivity contribution is 6.33. The van der Waals surface area contributed by atoms with Crippen LogP contribution in [0, 0.1) is 12.8 Å². The van der Waals surface area contributed by atoms with Crippen LogP contribution >= 0.6 is 11.6 Å². The number of benzene rings is 1. The first-order valence-electron chi connectivity index (χ1n) is 10.4. The van der Waals surface area contributed by atoms with Crippen LogP contribution in [0.1, 0.15) is 54.3 Å². The summed E-state index contributed by atoms with van der Waals surface area (Å²) in [6.45, 7) is 5.88. The van der Waals surface area contributed by atoms with Gasteiger partial charge in [0.2, 0.25) is 0 Å². The number of carbonyl (C=O) groups excluding carboxylic acids is 1. The molecular formula is C23H24ClN3O4. The summed E-state index contributed by atoms with van der Waals surface area (Å²) in [5, 5.41) is 1.36. The van der Waals surface area contributed by atoms with Crippen LogP contribution in [-0.4, -0.2) is 38.9 Å². The Morgan fingerprint density at radius 1 is 1.16 bits per heavy atom. The van der Waals surface area contributed by atoms with Gasteiger partial charge in [-0.25, -0.2) is 14.8 Å². The molecule has 1 N–H and O–H groups in total. The molecule has 1 aliphatic carbocycles. The van der Waals surface area contributed by atoms with Crippen molar-refractivity contribution in [3.05, 3.63) is 58.6 Å². The van der Waals surface area contributed by atoms with Gasteiger partial charge in [-0.15, -0.1) is 0 Å². The van der Waals surface area contributed by atoms with Crippen LogP contribution in [0.3, 0.4) is 0 Å². The highest BCUT2D eigenvalue weighted by atomic mass is 35.5. The predicted molar refractivity (Wildman–Crippen MR) is 115 cm³/mol. The number of nitrogens with zero attached hydrogens (tertiary/aromatic N) is 2. The number of esters is 1. The molecule has 1 saturated carbocycles. The fraction of sp³-hybridized carbons (Fsp3) is 0.435. The first-order chi connectivity index (χ1) is 14.8. The second-order valence-electron chi connectivity index (χ2n) is 8.70. The SMILES string of the molecule is Cc1ccc2c(c1)C(=O)OC2C1CCC2OC(C)(C)OC21.Clc1ncnc2[nH]ccc12. The summed E-state index contributed by atoms with van der Waals surface area (Å²) in [6, 6.07) is 7.82. The van der Waals surface area contributed by atoms with E-state index in [9.17, 15) is 4.79 Å². The van der Waals surface area contributed by atoms with Crippen LogP contribution in [-0.2, 0) is 14.2 Å². The number of rotatable bonds is 1. The molecule has 2 fully saturated rings. The van der Waals surface area contributed by atoms with E-state index in [1.54, 1.807) is 6.20 Å². The lowest BCUT2D eigenvalue weighted by atomic mass is 9.91. The number of hydrogen-bond donors (Lipinski definition) is 1. The van der Waals surface area contributed by atoms with Gasteiger partial charge in [-0.3, -0.25) is 0 Å². The number of ether oxygens (including phenoxy) is 3. The highest BCUT2D eigenvalue weighted by Crippen LogP contribution is 2.49. The van der Waals surface area contributed by atoms with Gasteiger partial charge in [-0.2, -0.15) is 0 Å². The number of nitrogens with one attached hydrogen (secondary N) is 1. The Kier molecular flexibility index (Phi) is 5.00. The minimum absolute atomic E-state index is 0.0186. The number of halogens is 1. The molecule has 0 spiro atoms. The monoisotopic (exact) mass is 441 g/mol. The van der Waals surface area contributed by atoms with Crippen LogP contribution in [0.15, 0.2) is 36.8 Å². The van der Waals surface area contributed by atoms with Crippen molar-refractivity contribution in [3.63, 3.8) is 0 Å². The largest absolute Gasteiger partial charge is 0.453 e. The lowest BCUT2D eigenvalue weighted by Gasteiger charge is -2.25. The number of aryl methyl sites for hydroxylation is 1. The first kappa shape index (κ1) is 20.4. The van der Waals surface area contributed by atoms with Gasteiger partial charge < -0.3 is 19.2 Å². The zero-order chi connectivity index (χ0) is 21.8. The smallest absolute Gasteiger partial charge is 0.339 e. The summed E-state index contributed by atoms with van der Waals surface area (Å²) in [5.74, 6) is -0.558. The molecule has 0 radical (unpaired) electrons. The zero-order valence-electron chi connectivity index (χ0n) is 17.6. The summed E-state index contributed by atoms with van der Waals surface area (Å²) in [5.41, 5.74) is 3.57. The van der Waals surface area contributed by atoms with Crippen molar-refractivity contribution < 1.29 is 19.0 Å². The van der Waals surface area contributed by atoms with Crippen LogP contribution in [0.4, 0.5) is 0 Å². The second-order valence-corrected chi connectivity index (χ2v) is 9.06. The number of aromatic amines is 1. The Morgan fingerprint density at radius 3 is 2.81 bits per heavy atom. The van der Waals surface area contributed by atoms with Gasteiger partial charge in [0.25, 0.3) is 0 Å². The maximum Gasteiger partial charge on any atom is 0.339 e. The average Bonchev–Trinajstić information content (AvgIpc) is 3.46. The van der Waals surface area contributed by atoms with Gasteiger partial charge in [0, 0.05) is 17.7 Å². The topological polar surface area (TPSA) is 86.3 Å². The second kappa shape index (κ2) is 7.58. The lowest BCUT2D eigenvalue weighted by Crippen LogP contribution is -2.29. The van der Waals surface area contributed by atoms with E-state index < -0.39 is 5.79 Å². The Balaban J connectivity index is 0.000000171. The van der Waals surface area contributed by atoms with Crippen LogP contribution in [0.2, 0.25) is 5.15 Å². The third-order valence-corrected chi connectivity index (χ3v) is 6.39. The molecule has 31 heavy (non-hydrogen) atoms. The fourth-order valence-electron chi connectivity index (χ4n) is 4.79. The minimum atomic E-state index is -0.535. The molecule has 8 heteroatoms. The molecule has 0 bridgehead atoms. The molecule has 4 heterocycles. The molecular weight excluding hydrogens is 418 g/mol. The molecule has 2 aliphatic heterocycles. The Morgan fingerprint density at radius 2 is 2.00 bits per heavy atom. The molecule has 7 nitrogen and oxygen atoms in total. The van der Waals surface area contributed by atoms with Gasteiger partial charge in [0.05, 0.1) is 23.2 Å². The van der Waals surface area contributed by atoms with Crippen molar-refractivity contribution >= 4 is 28.6 Å². The Labute approximate surface area is 185 Å². The number of H-pyrrole nitrogens is 1. The molecule has 6 rings (SSSR count). The van der Waals surface area contributed by atoms with Crippen molar-refractivity contribution in [3.8, 4) is 0 Å². The van der Waals surface area contributed by atoms with Gasteiger partial charge in [0.15, 0.2) is 5.79 Å². The maximum absolute atomic E-state index is 12.1. The van der Waals surface area contributed by atoms with Crippen molar-refractivity contribution in [2.75, 3.05) is 0 Å². The van der Waals surface area contributed by atoms with E-state index >= 15 is 0 Å². The number of hydrogen-bond acceptors (Lipinski definition) is 6. The van der Waals surface area contributed by atoms with Crippen LogP contribution in [0.25, 0.3) is 11.0 Å². The number of cyclic esters (lactones) is 1. The predicted octanol–water partition coefficient (Wildman–Crippen LogP) is 4.75. The summed E-state index contributed by atoms with van der Waals surface area (Å²) in [7, 11) is 0. The molecule has 1 aromatic carbocycles. The third-order valence-electron chi connectivity index (χ3n) is 6.09. The molecule has 4 unspecified atom stereocenters. The zero-order valence-corrected chi connectivity index (χ0v) is 18.3. The van der Waals surface area contributed by atoms with E-state index in [0.29, 0.717) is 10.7 Å². The van der Waals surface area contributed by atoms with Gasteiger partial charge >= 0.3 is 5.97 Å². The summed E-state index contributed by atoms with van der Waals surface area (Å²) < 4.78 is 17.7. The molecule has 3 aliphatic rings. The molecule has 2 aromatic heterocycles. The number of carbonyl (C=O) groups is 1. The normalized spacial score (nSPS) is 28.1. The average molecular weight is 442 g/mol. The summed E-state index contributed by atoms with van der Waals surface area (Å²) >= 11 is 5.73. The minimum Gasteiger partial charge on any atom is -0.453 e. The van der Waals surface area contributed by atoms with Gasteiger partial charge in [-0.05, 0) is 45.7 Å². The number of aromatic nitrogens is 3. The molecule has 3 aromatic rings. The van der Waals surface area contributed by atoms with Crippen LogP contribution < -0.4 is 0 Å². The molecule has 162 valence electrons. The summed E-state index contributed by atoms with van der Waals surface area (Å²) in [6.07, 6.45) is 5.10. The molecule has 4 atom stereocenters. The lowest BCUT2D eigenvalue weighted by molar-refractivity contribution is -0.160. The Bertz CT molecular complexity index is 1140. The van der Waals surface area contributed by atoms with Crippen LogP contribution in [0.5, 0.6) is 0 Å². The quantitative estimate of drug-likeness (QED) is 0.433. The molecule has 1 saturated heterocycles. The van der Waals surface area contributed by atoms with E-state index in [1.165, 1.54) is 6.33 Å².